The first kappa shape index (κ1) is 39.3. The van der Waals surface area contributed by atoms with Gasteiger partial charge < -0.3 is 48.1 Å². The molecule has 4 aromatic rings. The molecule has 10 nitrogen and oxygen atoms in total. The molecule has 0 amide bonds. The van der Waals surface area contributed by atoms with Crippen molar-refractivity contribution in [3.63, 3.8) is 0 Å². The molecule has 4 aromatic carbocycles. The first-order valence-electron chi connectivity index (χ1n) is 17.2. The zero-order chi connectivity index (χ0) is 37.7. The SMILES string of the molecule is COc1ccc([C@@H](O)[C@@H](C)Oc2ccc(C3OC(c4ccc(O[C@H](C)[C@H](O)c5ccc(OC)c(OC)c5)c(OC)c4)[C@H](C)[C@H]3C)cc2OC)cc1I. The van der Waals surface area contributed by atoms with Crippen molar-refractivity contribution in [2.75, 3.05) is 35.5 Å². The predicted molar refractivity (Wildman–Crippen MR) is 206 cm³/mol. The fourth-order valence-electron chi connectivity index (χ4n) is 6.61. The molecule has 0 aliphatic carbocycles. The number of aliphatic hydroxyl groups is 2. The Morgan fingerprint density at radius 2 is 0.904 bits per heavy atom. The van der Waals surface area contributed by atoms with E-state index in [0.717, 1.165) is 26.0 Å². The highest BCUT2D eigenvalue weighted by Crippen LogP contribution is 2.51. The van der Waals surface area contributed by atoms with Crippen LogP contribution in [0, 0.1) is 15.4 Å². The summed E-state index contributed by atoms with van der Waals surface area (Å²) in [6, 6.07) is 22.4. The molecule has 1 aliphatic heterocycles. The molecule has 1 aliphatic rings. The molecular weight excluding hydrogens is 779 g/mol. The molecule has 0 saturated carbocycles. The Labute approximate surface area is 320 Å². The van der Waals surface area contributed by atoms with Crippen molar-refractivity contribution in [1.29, 1.82) is 0 Å². The minimum Gasteiger partial charge on any atom is -0.496 e. The van der Waals surface area contributed by atoms with Gasteiger partial charge in [-0.2, -0.15) is 0 Å². The van der Waals surface area contributed by atoms with Gasteiger partial charge in [-0.15, -0.1) is 0 Å². The van der Waals surface area contributed by atoms with E-state index in [0.29, 0.717) is 40.1 Å². The van der Waals surface area contributed by atoms with Gasteiger partial charge in [0, 0.05) is 0 Å². The summed E-state index contributed by atoms with van der Waals surface area (Å²) < 4.78 is 47.7. The van der Waals surface area contributed by atoms with E-state index in [2.05, 4.69) is 36.4 Å². The maximum atomic E-state index is 11.1. The van der Waals surface area contributed by atoms with E-state index < -0.39 is 24.4 Å². The van der Waals surface area contributed by atoms with Crippen molar-refractivity contribution >= 4 is 22.6 Å². The Morgan fingerprint density at radius 1 is 0.519 bits per heavy atom. The highest BCUT2D eigenvalue weighted by atomic mass is 127. The van der Waals surface area contributed by atoms with Crippen molar-refractivity contribution in [3.05, 3.63) is 98.6 Å². The third-order valence-corrected chi connectivity index (χ3v) is 10.7. The summed E-state index contributed by atoms with van der Waals surface area (Å²) in [4.78, 5) is 0. The Morgan fingerprint density at radius 3 is 1.33 bits per heavy atom. The molecule has 2 unspecified atom stereocenters. The normalized spacial score (nSPS) is 20.7. The van der Waals surface area contributed by atoms with Crippen LogP contribution in [-0.4, -0.2) is 58.0 Å². The van der Waals surface area contributed by atoms with Gasteiger partial charge >= 0.3 is 0 Å². The Bertz CT molecular complexity index is 1810. The third-order valence-electron chi connectivity index (χ3n) is 9.89. The van der Waals surface area contributed by atoms with Gasteiger partial charge in [-0.25, -0.2) is 0 Å². The van der Waals surface area contributed by atoms with E-state index >= 15 is 0 Å². The third kappa shape index (κ3) is 8.33. The molecule has 1 fully saturated rings. The van der Waals surface area contributed by atoms with E-state index in [9.17, 15) is 10.2 Å². The summed E-state index contributed by atoms with van der Waals surface area (Å²) in [5.74, 6) is 4.35. The first-order valence-corrected chi connectivity index (χ1v) is 18.3. The zero-order valence-corrected chi connectivity index (χ0v) is 33.2. The van der Waals surface area contributed by atoms with Gasteiger partial charge in [0.05, 0.1) is 51.3 Å². The predicted octanol–water partition coefficient (Wildman–Crippen LogP) is 8.42. The van der Waals surface area contributed by atoms with Gasteiger partial charge in [0.1, 0.15) is 30.2 Å². The van der Waals surface area contributed by atoms with E-state index in [1.807, 2.05) is 61.5 Å². The lowest BCUT2D eigenvalue weighted by Crippen LogP contribution is -2.22. The second-order valence-corrected chi connectivity index (χ2v) is 14.2. The van der Waals surface area contributed by atoms with Crippen LogP contribution < -0.4 is 33.2 Å². The van der Waals surface area contributed by atoms with Crippen molar-refractivity contribution < 1.29 is 48.1 Å². The largest absolute Gasteiger partial charge is 0.496 e. The van der Waals surface area contributed by atoms with Crippen LogP contribution in [0.4, 0.5) is 0 Å². The van der Waals surface area contributed by atoms with E-state index in [1.54, 1.807) is 60.7 Å². The fraction of sp³-hybridized carbons (Fsp3) is 0.415. The molecule has 1 saturated heterocycles. The molecule has 0 aromatic heterocycles. The smallest absolute Gasteiger partial charge is 0.161 e. The van der Waals surface area contributed by atoms with E-state index in [-0.39, 0.29) is 24.0 Å². The zero-order valence-electron chi connectivity index (χ0n) is 31.1. The topological polar surface area (TPSA) is 114 Å². The van der Waals surface area contributed by atoms with E-state index in [4.69, 9.17) is 37.9 Å². The molecule has 280 valence electrons. The van der Waals surface area contributed by atoms with Gasteiger partial charge in [0.15, 0.2) is 34.5 Å². The van der Waals surface area contributed by atoms with Crippen molar-refractivity contribution in [2.45, 2.75) is 64.3 Å². The molecule has 1 heterocycles. The lowest BCUT2D eigenvalue weighted by atomic mass is 9.85. The van der Waals surface area contributed by atoms with Crippen LogP contribution in [0.3, 0.4) is 0 Å². The number of hydrogen-bond acceptors (Lipinski definition) is 10. The summed E-state index contributed by atoms with van der Waals surface area (Å²) in [6.07, 6.45) is -3.34. The lowest BCUT2D eigenvalue weighted by Gasteiger charge is -2.24. The molecule has 52 heavy (non-hydrogen) atoms. The van der Waals surface area contributed by atoms with Gasteiger partial charge in [-0.05, 0) is 119 Å². The standard InChI is InChI=1S/C41H49IO10/c1-22-23(2)41(29-13-17-34(37(21-29)49-9)51-25(4)39(44)27-11-15-32(46-6)35(19-27)47-7)52-40(22)28-12-16-33(36(20-28)48-8)50-24(3)38(43)26-10-14-31(45-5)30(42)18-26/h10-25,38-41,43-44H,1-9H3/t22-,23-,24-,25-,38+,39+,40?,41?/m1/s1. The highest BCUT2D eigenvalue weighted by molar-refractivity contribution is 14.1. The average Bonchev–Trinajstić information content (AvgIpc) is 3.46. The second kappa shape index (κ2) is 17.3. The number of halogens is 1. The Hall–Kier alpha value is -3.91. The van der Waals surface area contributed by atoms with Gasteiger partial charge in [0.25, 0.3) is 0 Å². The molecule has 11 heteroatoms. The molecule has 0 spiro atoms. The molecule has 0 radical (unpaired) electrons. The van der Waals surface area contributed by atoms with Gasteiger partial charge in [0.2, 0.25) is 0 Å². The number of methoxy groups -OCH3 is 5. The van der Waals surface area contributed by atoms with Gasteiger partial charge in [-0.3, -0.25) is 0 Å². The minimum atomic E-state index is -0.927. The minimum absolute atomic E-state index is 0.177. The van der Waals surface area contributed by atoms with Crippen LogP contribution in [0.25, 0.3) is 0 Å². The summed E-state index contributed by atoms with van der Waals surface area (Å²) in [7, 11) is 7.95. The Balaban J connectivity index is 1.29. The molecule has 2 N–H and O–H groups in total. The lowest BCUT2D eigenvalue weighted by molar-refractivity contribution is 0.0281. The van der Waals surface area contributed by atoms with Crippen LogP contribution in [0.1, 0.15) is 74.4 Å². The summed E-state index contributed by atoms with van der Waals surface area (Å²) in [5.41, 5.74) is 3.30. The van der Waals surface area contributed by atoms with Crippen LogP contribution >= 0.6 is 22.6 Å². The van der Waals surface area contributed by atoms with Crippen LogP contribution in [0.5, 0.6) is 40.2 Å². The average molecular weight is 829 g/mol. The number of ether oxygens (including phenoxy) is 8. The fourth-order valence-corrected chi connectivity index (χ4v) is 7.37. The monoisotopic (exact) mass is 828 g/mol. The van der Waals surface area contributed by atoms with Crippen molar-refractivity contribution in [1.82, 2.24) is 0 Å². The maximum absolute atomic E-state index is 11.1. The summed E-state index contributed by atoms with van der Waals surface area (Å²) in [6.45, 7) is 8.01. The van der Waals surface area contributed by atoms with E-state index in [1.165, 1.54) is 0 Å². The molecule has 0 bridgehead atoms. The van der Waals surface area contributed by atoms with Crippen LogP contribution in [0.15, 0.2) is 72.8 Å². The highest BCUT2D eigenvalue weighted by Gasteiger charge is 2.41. The van der Waals surface area contributed by atoms with Crippen LogP contribution in [0.2, 0.25) is 0 Å². The van der Waals surface area contributed by atoms with Gasteiger partial charge in [-0.1, -0.05) is 38.1 Å². The summed E-state index contributed by atoms with van der Waals surface area (Å²) >= 11 is 2.19. The number of benzene rings is 4. The summed E-state index contributed by atoms with van der Waals surface area (Å²) in [5, 5.41) is 22.2. The first-order chi connectivity index (χ1) is 24.9. The number of rotatable bonds is 15. The molecule has 8 atom stereocenters. The maximum Gasteiger partial charge on any atom is 0.161 e. The van der Waals surface area contributed by atoms with Crippen LogP contribution in [-0.2, 0) is 4.74 Å². The molecular formula is C41H49IO10. The quantitative estimate of drug-likeness (QED) is 0.113. The second-order valence-electron chi connectivity index (χ2n) is 13.1. The number of hydrogen-bond donors (Lipinski definition) is 2. The molecule has 5 rings (SSSR count). The van der Waals surface area contributed by atoms with Crippen molar-refractivity contribution in [2.24, 2.45) is 11.8 Å². The van der Waals surface area contributed by atoms with Crippen molar-refractivity contribution in [3.8, 4) is 40.2 Å². The number of aliphatic hydroxyl groups excluding tert-OH is 2. The Kier molecular flexibility index (Phi) is 13.1.